The Labute approximate surface area is 100 Å². The van der Waals surface area contributed by atoms with E-state index < -0.39 is 0 Å². The SMILES string of the molecule is CNCc1ncnn1Cc1ccc(OC)cc1. The van der Waals surface area contributed by atoms with Crippen LogP contribution in [0.25, 0.3) is 0 Å². The summed E-state index contributed by atoms with van der Waals surface area (Å²) in [5.41, 5.74) is 1.17. The molecule has 0 aliphatic heterocycles. The van der Waals surface area contributed by atoms with Crippen molar-refractivity contribution in [2.45, 2.75) is 13.1 Å². The molecular formula is C12H16N4O. The Morgan fingerprint density at radius 3 is 2.71 bits per heavy atom. The van der Waals surface area contributed by atoms with Gasteiger partial charge in [-0.05, 0) is 24.7 Å². The number of hydrogen-bond acceptors (Lipinski definition) is 4. The van der Waals surface area contributed by atoms with Crippen molar-refractivity contribution in [3.63, 3.8) is 0 Å². The Balaban J connectivity index is 2.10. The van der Waals surface area contributed by atoms with Crippen LogP contribution in [0, 0.1) is 0 Å². The summed E-state index contributed by atoms with van der Waals surface area (Å²) >= 11 is 0. The van der Waals surface area contributed by atoms with E-state index in [1.54, 1.807) is 13.4 Å². The zero-order valence-electron chi connectivity index (χ0n) is 10.1. The van der Waals surface area contributed by atoms with Crippen LogP contribution in [-0.2, 0) is 13.1 Å². The van der Waals surface area contributed by atoms with Crippen LogP contribution in [0.15, 0.2) is 30.6 Å². The molecule has 0 fully saturated rings. The van der Waals surface area contributed by atoms with E-state index in [9.17, 15) is 0 Å². The Kier molecular flexibility index (Phi) is 3.72. The first-order valence-electron chi connectivity index (χ1n) is 5.47. The van der Waals surface area contributed by atoms with Gasteiger partial charge in [0.05, 0.1) is 20.2 Å². The average molecular weight is 232 g/mol. The number of methoxy groups -OCH3 is 1. The largest absolute Gasteiger partial charge is 0.497 e. The van der Waals surface area contributed by atoms with Crippen LogP contribution in [0.1, 0.15) is 11.4 Å². The number of rotatable bonds is 5. The predicted octanol–water partition coefficient (Wildman–Crippen LogP) is 1.05. The first-order valence-corrected chi connectivity index (χ1v) is 5.47. The summed E-state index contributed by atoms with van der Waals surface area (Å²) in [5, 5.41) is 7.28. The molecular weight excluding hydrogens is 216 g/mol. The lowest BCUT2D eigenvalue weighted by molar-refractivity contribution is 0.414. The summed E-state index contributed by atoms with van der Waals surface area (Å²) in [6, 6.07) is 7.96. The van der Waals surface area contributed by atoms with Crippen molar-refractivity contribution in [3.8, 4) is 5.75 Å². The number of nitrogens with one attached hydrogen (secondary N) is 1. The summed E-state index contributed by atoms with van der Waals surface area (Å²) in [4.78, 5) is 4.20. The van der Waals surface area contributed by atoms with Crippen LogP contribution < -0.4 is 10.1 Å². The van der Waals surface area contributed by atoms with E-state index in [1.807, 2.05) is 36.0 Å². The van der Waals surface area contributed by atoms with Crippen molar-refractivity contribution in [3.05, 3.63) is 42.0 Å². The molecule has 0 bridgehead atoms. The molecule has 90 valence electrons. The van der Waals surface area contributed by atoms with Crippen molar-refractivity contribution in [2.75, 3.05) is 14.2 Å². The fourth-order valence-corrected chi connectivity index (χ4v) is 1.62. The minimum absolute atomic E-state index is 0.718. The van der Waals surface area contributed by atoms with E-state index in [1.165, 1.54) is 5.56 Å². The Morgan fingerprint density at radius 2 is 2.06 bits per heavy atom. The third kappa shape index (κ3) is 2.82. The molecule has 0 saturated carbocycles. The number of nitrogens with zero attached hydrogens (tertiary/aromatic N) is 3. The zero-order valence-corrected chi connectivity index (χ0v) is 10.1. The summed E-state index contributed by atoms with van der Waals surface area (Å²) in [6.45, 7) is 1.44. The van der Waals surface area contributed by atoms with Gasteiger partial charge in [-0.1, -0.05) is 12.1 Å². The maximum absolute atomic E-state index is 5.12. The standard InChI is InChI=1S/C12H16N4O/c1-13-7-12-14-9-15-16(12)8-10-3-5-11(17-2)6-4-10/h3-6,9,13H,7-8H2,1-2H3. The topological polar surface area (TPSA) is 52.0 Å². The predicted molar refractivity (Wildman–Crippen MR) is 64.9 cm³/mol. The van der Waals surface area contributed by atoms with E-state index in [2.05, 4.69) is 15.4 Å². The van der Waals surface area contributed by atoms with Crippen molar-refractivity contribution in [2.24, 2.45) is 0 Å². The lowest BCUT2D eigenvalue weighted by Gasteiger charge is -2.06. The molecule has 1 aromatic heterocycles. The van der Waals surface area contributed by atoms with Crippen molar-refractivity contribution in [1.29, 1.82) is 0 Å². The van der Waals surface area contributed by atoms with Crippen molar-refractivity contribution >= 4 is 0 Å². The minimum atomic E-state index is 0.718. The van der Waals surface area contributed by atoms with Gasteiger partial charge in [0.2, 0.25) is 0 Å². The Bertz CT molecular complexity index is 464. The molecule has 0 radical (unpaired) electrons. The van der Waals surface area contributed by atoms with Crippen molar-refractivity contribution in [1.82, 2.24) is 20.1 Å². The molecule has 0 atom stereocenters. The summed E-state index contributed by atoms with van der Waals surface area (Å²) in [5.74, 6) is 1.80. The normalized spacial score (nSPS) is 10.5. The second-order valence-electron chi connectivity index (χ2n) is 3.71. The first kappa shape index (κ1) is 11.6. The average Bonchev–Trinajstić information content (AvgIpc) is 2.78. The van der Waals surface area contributed by atoms with Crippen LogP contribution in [0.4, 0.5) is 0 Å². The van der Waals surface area contributed by atoms with E-state index in [4.69, 9.17) is 4.74 Å². The number of hydrogen-bond donors (Lipinski definition) is 1. The van der Waals surface area contributed by atoms with E-state index >= 15 is 0 Å². The van der Waals surface area contributed by atoms with E-state index in [-0.39, 0.29) is 0 Å². The molecule has 2 aromatic rings. The smallest absolute Gasteiger partial charge is 0.141 e. The fourth-order valence-electron chi connectivity index (χ4n) is 1.62. The molecule has 0 unspecified atom stereocenters. The van der Waals surface area contributed by atoms with Gasteiger partial charge in [-0.3, -0.25) is 0 Å². The van der Waals surface area contributed by atoms with Gasteiger partial charge in [0, 0.05) is 0 Å². The second-order valence-corrected chi connectivity index (χ2v) is 3.71. The highest BCUT2D eigenvalue weighted by molar-refractivity contribution is 5.27. The van der Waals surface area contributed by atoms with Gasteiger partial charge in [-0.15, -0.1) is 0 Å². The lowest BCUT2D eigenvalue weighted by Crippen LogP contribution is -2.13. The summed E-state index contributed by atoms with van der Waals surface area (Å²) in [7, 11) is 3.56. The van der Waals surface area contributed by atoms with Crippen LogP contribution in [0.2, 0.25) is 0 Å². The number of ether oxygens (including phenoxy) is 1. The molecule has 0 amide bonds. The molecule has 0 aliphatic carbocycles. The summed E-state index contributed by atoms with van der Waals surface area (Å²) in [6.07, 6.45) is 1.58. The second kappa shape index (κ2) is 5.45. The maximum atomic E-state index is 5.12. The first-order chi connectivity index (χ1) is 8.33. The highest BCUT2D eigenvalue weighted by Crippen LogP contribution is 2.12. The fraction of sp³-hybridized carbons (Fsp3) is 0.333. The molecule has 1 heterocycles. The Morgan fingerprint density at radius 1 is 1.29 bits per heavy atom. The highest BCUT2D eigenvalue weighted by atomic mass is 16.5. The van der Waals surface area contributed by atoms with Crippen LogP contribution >= 0.6 is 0 Å². The van der Waals surface area contributed by atoms with Crippen molar-refractivity contribution < 1.29 is 4.74 Å². The van der Waals surface area contributed by atoms with Gasteiger partial charge in [0.15, 0.2) is 0 Å². The monoisotopic (exact) mass is 232 g/mol. The van der Waals surface area contributed by atoms with Gasteiger partial charge in [-0.2, -0.15) is 5.10 Å². The third-order valence-electron chi connectivity index (χ3n) is 2.52. The third-order valence-corrected chi connectivity index (χ3v) is 2.52. The van der Waals surface area contributed by atoms with Gasteiger partial charge < -0.3 is 10.1 Å². The summed E-state index contributed by atoms with van der Waals surface area (Å²) < 4.78 is 7.01. The lowest BCUT2D eigenvalue weighted by atomic mass is 10.2. The quantitative estimate of drug-likeness (QED) is 0.837. The highest BCUT2D eigenvalue weighted by Gasteiger charge is 2.03. The van der Waals surface area contributed by atoms with Gasteiger partial charge in [0.1, 0.15) is 17.9 Å². The molecule has 17 heavy (non-hydrogen) atoms. The van der Waals surface area contributed by atoms with E-state index in [0.717, 1.165) is 24.7 Å². The molecule has 0 saturated heterocycles. The maximum Gasteiger partial charge on any atom is 0.141 e. The number of aromatic nitrogens is 3. The zero-order chi connectivity index (χ0) is 12.1. The molecule has 0 aliphatic rings. The molecule has 1 aromatic carbocycles. The van der Waals surface area contributed by atoms with Crippen LogP contribution in [0.5, 0.6) is 5.75 Å². The molecule has 0 spiro atoms. The van der Waals surface area contributed by atoms with Gasteiger partial charge >= 0.3 is 0 Å². The van der Waals surface area contributed by atoms with Crippen LogP contribution in [-0.4, -0.2) is 28.9 Å². The Hall–Kier alpha value is -1.88. The van der Waals surface area contributed by atoms with Gasteiger partial charge in [-0.25, -0.2) is 9.67 Å². The molecule has 5 heteroatoms. The molecule has 1 N–H and O–H groups in total. The minimum Gasteiger partial charge on any atom is -0.497 e. The van der Waals surface area contributed by atoms with Gasteiger partial charge in [0.25, 0.3) is 0 Å². The van der Waals surface area contributed by atoms with Crippen LogP contribution in [0.3, 0.4) is 0 Å². The molecule has 5 nitrogen and oxygen atoms in total. The van der Waals surface area contributed by atoms with E-state index in [0.29, 0.717) is 0 Å². The molecule has 2 rings (SSSR count). The number of benzene rings is 1.